The Morgan fingerprint density at radius 2 is 2.12 bits per heavy atom. The summed E-state index contributed by atoms with van der Waals surface area (Å²) < 4.78 is 37.2. The molecule has 1 rings (SSSR count). The minimum absolute atomic E-state index is 0.0408. The van der Waals surface area contributed by atoms with Crippen LogP contribution < -0.4 is 11.3 Å². The molecule has 0 aromatic carbocycles. The summed E-state index contributed by atoms with van der Waals surface area (Å²) in [5.74, 6) is 4.52. The molecular formula is C8H11F3N4S. The first-order valence-corrected chi connectivity index (χ1v) is 5.51. The van der Waals surface area contributed by atoms with Gasteiger partial charge in [0.15, 0.2) is 0 Å². The van der Waals surface area contributed by atoms with Crippen molar-refractivity contribution in [3.05, 3.63) is 11.9 Å². The summed E-state index contributed by atoms with van der Waals surface area (Å²) in [5.41, 5.74) is 2.09. The molecule has 90 valence electrons. The number of aromatic nitrogens is 2. The van der Waals surface area contributed by atoms with Crippen LogP contribution in [-0.2, 0) is 6.18 Å². The molecule has 0 aliphatic carbocycles. The number of hydrazine groups is 1. The summed E-state index contributed by atoms with van der Waals surface area (Å²) in [6.07, 6.45) is -3.71. The molecule has 0 fully saturated rings. The van der Waals surface area contributed by atoms with Crippen molar-refractivity contribution in [3.8, 4) is 0 Å². The van der Waals surface area contributed by atoms with E-state index in [1.54, 1.807) is 0 Å². The van der Waals surface area contributed by atoms with Crippen LogP contribution in [-0.4, -0.2) is 15.7 Å². The summed E-state index contributed by atoms with van der Waals surface area (Å²) in [4.78, 5) is 6.67. The maximum Gasteiger partial charge on any atom is 0.451 e. The molecular weight excluding hydrogens is 241 g/mol. The van der Waals surface area contributed by atoms with Crippen molar-refractivity contribution in [2.24, 2.45) is 5.84 Å². The Kier molecular flexibility index (Phi) is 4.36. The van der Waals surface area contributed by atoms with Crippen molar-refractivity contribution in [3.63, 3.8) is 0 Å². The van der Waals surface area contributed by atoms with E-state index in [9.17, 15) is 13.2 Å². The smallest absolute Gasteiger partial charge is 0.308 e. The predicted octanol–water partition coefficient (Wildman–Crippen LogP) is 2.28. The first kappa shape index (κ1) is 13.0. The van der Waals surface area contributed by atoms with Crippen LogP contribution in [0.4, 0.5) is 19.0 Å². The van der Waals surface area contributed by atoms with E-state index in [0.717, 1.165) is 6.42 Å². The zero-order chi connectivity index (χ0) is 12.2. The molecule has 1 aromatic rings. The fourth-order valence-corrected chi connectivity index (χ4v) is 1.67. The average molecular weight is 252 g/mol. The summed E-state index contributed by atoms with van der Waals surface area (Å²) in [6, 6.07) is 1.38. The van der Waals surface area contributed by atoms with Crippen LogP contribution in [0.25, 0.3) is 0 Å². The highest BCUT2D eigenvalue weighted by atomic mass is 32.2. The number of thioether (sulfide) groups is 1. The molecule has 0 aliphatic heterocycles. The average Bonchev–Trinajstić information content (AvgIpc) is 2.24. The van der Waals surface area contributed by atoms with Crippen molar-refractivity contribution in [1.29, 1.82) is 0 Å². The van der Waals surface area contributed by atoms with Gasteiger partial charge in [-0.3, -0.25) is 0 Å². The van der Waals surface area contributed by atoms with Crippen molar-refractivity contribution >= 4 is 17.6 Å². The van der Waals surface area contributed by atoms with Gasteiger partial charge < -0.3 is 5.43 Å². The number of nitrogens with one attached hydrogen (secondary N) is 1. The number of nitrogens with zero attached hydrogens (tertiary/aromatic N) is 2. The van der Waals surface area contributed by atoms with Gasteiger partial charge in [0.1, 0.15) is 10.8 Å². The van der Waals surface area contributed by atoms with Crippen LogP contribution in [0, 0.1) is 0 Å². The molecule has 0 unspecified atom stereocenters. The molecule has 1 aromatic heterocycles. The summed E-state index contributed by atoms with van der Waals surface area (Å²) in [6.45, 7) is 1.93. The van der Waals surface area contributed by atoms with Crippen LogP contribution in [0.3, 0.4) is 0 Å². The number of hydrogen-bond acceptors (Lipinski definition) is 5. The predicted molar refractivity (Wildman–Crippen MR) is 55.9 cm³/mol. The van der Waals surface area contributed by atoms with Gasteiger partial charge in [-0.15, -0.1) is 11.8 Å². The number of rotatable bonds is 4. The number of halogens is 3. The van der Waals surface area contributed by atoms with E-state index in [-0.39, 0.29) is 10.8 Å². The highest BCUT2D eigenvalue weighted by Gasteiger charge is 2.35. The third-order valence-electron chi connectivity index (χ3n) is 1.56. The number of anilines is 1. The monoisotopic (exact) mass is 252 g/mol. The van der Waals surface area contributed by atoms with Gasteiger partial charge in [-0.2, -0.15) is 13.2 Å². The fraction of sp³-hybridized carbons (Fsp3) is 0.500. The van der Waals surface area contributed by atoms with E-state index in [1.807, 2.05) is 6.92 Å². The van der Waals surface area contributed by atoms with Gasteiger partial charge in [0.2, 0.25) is 5.82 Å². The van der Waals surface area contributed by atoms with Crippen LogP contribution in [0.1, 0.15) is 19.2 Å². The van der Waals surface area contributed by atoms with Crippen molar-refractivity contribution in [1.82, 2.24) is 9.97 Å². The molecule has 4 nitrogen and oxygen atoms in total. The minimum Gasteiger partial charge on any atom is -0.308 e. The Morgan fingerprint density at radius 1 is 1.44 bits per heavy atom. The molecule has 0 saturated heterocycles. The zero-order valence-electron chi connectivity index (χ0n) is 8.51. The molecule has 0 spiro atoms. The van der Waals surface area contributed by atoms with Crippen LogP contribution in [0.2, 0.25) is 0 Å². The Labute approximate surface area is 94.8 Å². The second-order valence-electron chi connectivity index (χ2n) is 2.91. The molecule has 0 radical (unpaired) electrons. The van der Waals surface area contributed by atoms with Gasteiger partial charge in [-0.1, -0.05) is 6.92 Å². The van der Waals surface area contributed by atoms with Crippen LogP contribution in [0.5, 0.6) is 0 Å². The third kappa shape index (κ3) is 3.53. The SMILES string of the molecule is CCCSc1cc(NN)nc(C(F)(F)F)n1. The molecule has 16 heavy (non-hydrogen) atoms. The van der Waals surface area contributed by atoms with E-state index in [2.05, 4.69) is 15.4 Å². The second kappa shape index (κ2) is 5.35. The molecule has 0 aliphatic rings. The number of nitrogen functional groups attached to an aromatic ring is 1. The molecule has 1 heterocycles. The largest absolute Gasteiger partial charge is 0.451 e. The van der Waals surface area contributed by atoms with E-state index >= 15 is 0 Å². The summed E-state index contributed by atoms with van der Waals surface area (Å²) in [7, 11) is 0. The molecule has 3 N–H and O–H groups in total. The normalized spacial score (nSPS) is 11.6. The van der Waals surface area contributed by atoms with Gasteiger partial charge in [-0.05, 0) is 12.2 Å². The quantitative estimate of drug-likeness (QED) is 0.372. The molecule has 0 amide bonds. The van der Waals surface area contributed by atoms with Crippen molar-refractivity contribution in [2.75, 3.05) is 11.2 Å². The maximum atomic E-state index is 12.4. The van der Waals surface area contributed by atoms with Crippen molar-refractivity contribution < 1.29 is 13.2 Å². The summed E-state index contributed by atoms with van der Waals surface area (Å²) in [5, 5.41) is 0.261. The topological polar surface area (TPSA) is 63.8 Å². The standard InChI is InChI=1S/C8H11F3N4S/c1-2-3-16-6-4-5(15-12)13-7(14-6)8(9,10)11/h4H,2-3,12H2,1H3,(H,13,14,15). The van der Waals surface area contributed by atoms with E-state index in [0.29, 0.717) is 5.75 Å². The van der Waals surface area contributed by atoms with Gasteiger partial charge in [0.25, 0.3) is 0 Å². The Morgan fingerprint density at radius 3 is 2.62 bits per heavy atom. The van der Waals surface area contributed by atoms with E-state index in [4.69, 9.17) is 5.84 Å². The maximum absolute atomic E-state index is 12.4. The molecule has 8 heteroatoms. The lowest BCUT2D eigenvalue weighted by atomic mass is 10.5. The van der Waals surface area contributed by atoms with Crippen LogP contribution >= 0.6 is 11.8 Å². The number of alkyl halides is 3. The second-order valence-corrected chi connectivity index (χ2v) is 4.02. The summed E-state index contributed by atoms with van der Waals surface area (Å²) >= 11 is 1.23. The van der Waals surface area contributed by atoms with E-state index in [1.165, 1.54) is 17.8 Å². The van der Waals surface area contributed by atoms with Crippen molar-refractivity contribution in [2.45, 2.75) is 24.5 Å². The van der Waals surface area contributed by atoms with Gasteiger partial charge >= 0.3 is 6.18 Å². The Hall–Kier alpha value is -1.02. The third-order valence-corrected chi connectivity index (χ3v) is 2.68. The lowest BCUT2D eigenvalue weighted by molar-refractivity contribution is -0.145. The highest BCUT2D eigenvalue weighted by molar-refractivity contribution is 7.99. The van der Waals surface area contributed by atoms with E-state index < -0.39 is 12.0 Å². The lowest BCUT2D eigenvalue weighted by Gasteiger charge is -2.09. The number of hydrogen-bond donors (Lipinski definition) is 2. The van der Waals surface area contributed by atoms with Gasteiger partial charge in [0, 0.05) is 6.07 Å². The zero-order valence-corrected chi connectivity index (χ0v) is 9.32. The first-order valence-electron chi connectivity index (χ1n) is 4.53. The van der Waals surface area contributed by atoms with Gasteiger partial charge in [0.05, 0.1) is 0 Å². The highest BCUT2D eigenvalue weighted by Crippen LogP contribution is 2.29. The lowest BCUT2D eigenvalue weighted by Crippen LogP contribution is -2.16. The minimum atomic E-state index is -4.56. The fourth-order valence-electron chi connectivity index (χ4n) is 0.906. The van der Waals surface area contributed by atoms with Crippen LogP contribution in [0.15, 0.2) is 11.1 Å². The first-order chi connectivity index (χ1) is 7.47. The molecule has 0 saturated carbocycles. The molecule has 0 atom stereocenters. The van der Waals surface area contributed by atoms with Gasteiger partial charge in [-0.25, -0.2) is 15.8 Å². The molecule has 0 bridgehead atoms. The Balaban J connectivity index is 3.01. The Bertz CT molecular complexity index is 356. The number of nitrogens with two attached hydrogens (primary N) is 1.